The van der Waals surface area contributed by atoms with E-state index >= 15 is 0 Å². The van der Waals surface area contributed by atoms with Gasteiger partial charge in [-0.25, -0.2) is 4.79 Å². The molecule has 0 spiro atoms. The fourth-order valence-corrected chi connectivity index (χ4v) is 5.21. The summed E-state index contributed by atoms with van der Waals surface area (Å²) in [5.41, 5.74) is 7.15. The first-order valence-electron chi connectivity index (χ1n) is 14.7. The Labute approximate surface area is 260 Å². The van der Waals surface area contributed by atoms with Crippen molar-refractivity contribution in [1.82, 2.24) is 4.90 Å². The van der Waals surface area contributed by atoms with E-state index in [0.717, 1.165) is 0 Å². The number of methoxy groups -OCH3 is 2. The maximum absolute atomic E-state index is 13.1. The quantitative estimate of drug-likeness (QED) is 0.151. The van der Waals surface area contributed by atoms with Crippen LogP contribution in [0.5, 0.6) is 11.5 Å². The number of phenols is 2. The van der Waals surface area contributed by atoms with Gasteiger partial charge in [0.05, 0.1) is 23.6 Å². The number of allylic oxidation sites excluding steroid dienone is 2. The SMILES string of the molecule is CO[C@@H]1/C=C\C=C(\C)C(=O)Nc2cc(O)c(NCCN(C)C)c(c2O)C[C@@H](C)C[C@@H](OC)[C@@H](O)[C@@H](C)/C=C(/C)[C@H]1OC(N)=O. The number of likely N-dealkylation sites (N-methyl/N-ethyl adjacent to an activating group) is 1. The number of aromatic hydroxyl groups is 2. The number of anilines is 2. The van der Waals surface area contributed by atoms with Crippen molar-refractivity contribution in [3.05, 3.63) is 47.1 Å². The summed E-state index contributed by atoms with van der Waals surface area (Å²) >= 11 is 0. The molecule has 12 nitrogen and oxygen atoms in total. The Balaban J connectivity index is 2.65. The van der Waals surface area contributed by atoms with E-state index in [2.05, 4.69) is 10.6 Å². The number of nitrogens with two attached hydrogens (primary N) is 1. The van der Waals surface area contributed by atoms with Crippen LogP contribution in [0.25, 0.3) is 0 Å². The number of hydrogen-bond donors (Lipinski definition) is 6. The summed E-state index contributed by atoms with van der Waals surface area (Å²) in [6.07, 6.45) is 3.10. The van der Waals surface area contributed by atoms with Crippen LogP contribution in [0.15, 0.2) is 41.5 Å². The Morgan fingerprint density at radius 3 is 2.45 bits per heavy atom. The van der Waals surface area contributed by atoms with Crippen LogP contribution < -0.4 is 16.4 Å². The third-order valence-electron chi connectivity index (χ3n) is 7.69. The van der Waals surface area contributed by atoms with Gasteiger partial charge in [-0.1, -0.05) is 38.2 Å². The van der Waals surface area contributed by atoms with E-state index in [9.17, 15) is 24.9 Å². The van der Waals surface area contributed by atoms with Gasteiger partial charge in [0.1, 0.15) is 17.6 Å². The summed E-state index contributed by atoms with van der Waals surface area (Å²) in [6, 6.07) is 1.32. The third-order valence-corrected chi connectivity index (χ3v) is 7.69. The van der Waals surface area contributed by atoms with Crippen LogP contribution in [-0.2, 0) is 25.4 Å². The molecule has 7 N–H and O–H groups in total. The Morgan fingerprint density at radius 1 is 1.18 bits per heavy atom. The second-order valence-corrected chi connectivity index (χ2v) is 11.7. The average molecular weight is 619 g/mol. The maximum Gasteiger partial charge on any atom is 0.405 e. The highest BCUT2D eigenvalue weighted by Crippen LogP contribution is 2.42. The molecule has 1 aromatic rings. The maximum atomic E-state index is 13.1. The van der Waals surface area contributed by atoms with Crippen molar-refractivity contribution >= 4 is 23.4 Å². The first kappa shape index (κ1) is 36.6. The number of phenolic OH excluding ortho intramolecular Hbond substituents is 2. The zero-order valence-electron chi connectivity index (χ0n) is 27.1. The number of nitrogens with zero attached hydrogens (tertiary/aromatic N) is 1. The number of ether oxygens (including phenoxy) is 3. The molecule has 1 heterocycles. The number of amides is 2. The number of rotatable bonds is 7. The molecule has 0 aromatic heterocycles. The average Bonchev–Trinajstić information content (AvgIpc) is 2.95. The lowest BCUT2D eigenvalue weighted by Crippen LogP contribution is -2.37. The van der Waals surface area contributed by atoms with Gasteiger partial charge in [-0.2, -0.15) is 0 Å². The van der Waals surface area contributed by atoms with Crippen molar-refractivity contribution in [2.45, 2.75) is 65.0 Å². The zero-order chi connectivity index (χ0) is 33.1. The monoisotopic (exact) mass is 618 g/mol. The lowest BCUT2D eigenvalue weighted by atomic mass is 9.87. The number of aliphatic hydroxyl groups is 1. The third kappa shape index (κ3) is 10.3. The minimum absolute atomic E-state index is 0.0592. The minimum atomic E-state index is -0.986. The van der Waals surface area contributed by atoms with Crippen molar-refractivity contribution in [1.29, 1.82) is 0 Å². The van der Waals surface area contributed by atoms with Crippen molar-refractivity contribution in [3.8, 4) is 11.5 Å². The van der Waals surface area contributed by atoms with Gasteiger partial charge in [0.2, 0.25) is 0 Å². The largest absolute Gasteiger partial charge is 0.506 e. The molecular formula is C32H50N4O8. The molecule has 0 saturated carbocycles. The van der Waals surface area contributed by atoms with Crippen LogP contribution in [0.1, 0.15) is 39.7 Å². The Morgan fingerprint density at radius 2 is 1.86 bits per heavy atom. The van der Waals surface area contributed by atoms with Gasteiger partial charge in [0.15, 0.2) is 6.10 Å². The molecule has 0 aliphatic carbocycles. The van der Waals surface area contributed by atoms with Crippen LogP contribution in [0.3, 0.4) is 0 Å². The van der Waals surface area contributed by atoms with E-state index in [4.69, 9.17) is 19.9 Å². The number of benzene rings is 1. The highest BCUT2D eigenvalue weighted by atomic mass is 16.6. The van der Waals surface area contributed by atoms with Crippen molar-refractivity contribution in [3.63, 3.8) is 0 Å². The van der Waals surface area contributed by atoms with Crippen LogP contribution in [0, 0.1) is 11.8 Å². The van der Waals surface area contributed by atoms with E-state index in [1.807, 2.05) is 32.8 Å². The number of fused-ring (bicyclic) bond motifs is 2. The summed E-state index contributed by atoms with van der Waals surface area (Å²) in [6.45, 7) is 8.32. The molecule has 2 bridgehead atoms. The number of nitrogens with one attached hydrogen (secondary N) is 2. The zero-order valence-corrected chi connectivity index (χ0v) is 27.1. The summed E-state index contributed by atoms with van der Waals surface area (Å²) < 4.78 is 16.7. The fourth-order valence-electron chi connectivity index (χ4n) is 5.21. The van der Waals surface area contributed by atoms with Crippen LogP contribution in [-0.4, -0.2) is 98.0 Å². The molecule has 246 valence electrons. The van der Waals surface area contributed by atoms with E-state index < -0.39 is 42.3 Å². The Bertz CT molecular complexity index is 1230. The molecule has 0 fully saturated rings. The molecule has 1 aromatic carbocycles. The topological polar surface area (TPSA) is 176 Å². The molecule has 0 saturated heterocycles. The summed E-state index contributed by atoms with van der Waals surface area (Å²) in [4.78, 5) is 26.8. The number of carbonyl (C=O) groups excluding carboxylic acids is 2. The van der Waals surface area contributed by atoms with Crippen molar-refractivity contribution in [2.24, 2.45) is 17.6 Å². The number of carbonyl (C=O) groups is 2. The smallest absolute Gasteiger partial charge is 0.405 e. The van der Waals surface area contributed by atoms with Crippen LogP contribution in [0.2, 0.25) is 0 Å². The lowest BCUT2D eigenvalue weighted by molar-refractivity contribution is -0.112. The fraction of sp³-hybridized carbons (Fsp3) is 0.562. The van der Waals surface area contributed by atoms with Crippen molar-refractivity contribution in [2.75, 3.05) is 52.0 Å². The molecule has 0 unspecified atom stereocenters. The predicted octanol–water partition coefficient (Wildman–Crippen LogP) is 3.53. The van der Waals surface area contributed by atoms with Gasteiger partial charge >= 0.3 is 6.09 Å². The molecule has 2 amide bonds. The van der Waals surface area contributed by atoms with Gasteiger partial charge in [-0.3, -0.25) is 4.79 Å². The summed E-state index contributed by atoms with van der Waals surface area (Å²) in [7, 11) is 6.83. The van der Waals surface area contributed by atoms with Gasteiger partial charge in [-0.15, -0.1) is 0 Å². The van der Waals surface area contributed by atoms with Crippen LogP contribution in [0.4, 0.5) is 16.2 Å². The highest BCUT2D eigenvalue weighted by molar-refractivity contribution is 6.04. The Hall–Kier alpha value is -3.58. The second-order valence-electron chi connectivity index (χ2n) is 11.7. The predicted molar refractivity (Wildman–Crippen MR) is 171 cm³/mol. The number of primary amides is 1. The highest BCUT2D eigenvalue weighted by Gasteiger charge is 2.30. The minimum Gasteiger partial charge on any atom is -0.506 e. The van der Waals surface area contributed by atoms with Gasteiger partial charge < -0.3 is 50.8 Å². The Kier molecular flexibility index (Phi) is 14.2. The molecule has 1 aliphatic rings. The first-order valence-corrected chi connectivity index (χ1v) is 14.7. The number of hydrogen-bond acceptors (Lipinski definition) is 10. The molecule has 12 heteroatoms. The number of aliphatic hydroxyl groups excluding tert-OH is 1. The van der Waals surface area contributed by atoms with E-state index in [0.29, 0.717) is 48.3 Å². The van der Waals surface area contributed by atoms with Gasteiger partial charge in [0, 0.05) is 50.4 Å². The van der Waals surface area contributed by atoms with Crippen LogP contribution >= 0.6 is 0 Å². The van der Waals surface area contributed by atoms with Gasteiger partial charge in [0.25, 0.3) is 5.91 Å². The standard InChI is InChI=1S/C32H50N4O8/c1-18-14-22-27(34-12-13-36(5)6)24(37)17-23(29(22)39)35-31(40)19(2)10-9-11-25(42-7)30(44-32(33)41)21(4)16-20(3)28(38)26(15-18)43-8/h9-11,16-18,20,25-26,28,30,34,37-39H,12-15H2,1-8H3,(H2,33,41)(H,35,40)/b11-9-,19-10-,21-16-/t18-,20+,25-,26-,28+,30-/m1/s1. The molecule has 2 rings (SSSR count). The lowest BCUT2D eigenvalue weighted by Gasteiger charge is -2.29. The van der Waals surface area contributed by atoms with Gasteiger partial charge in [-0.05, 0) is 52.3 Å². The molecule has 1 aliphatic heterocycles. The first-order chi connectivity index (χ1) is 20.7. The van der Waals surface area contributed by atoms with E-state index in [1.54, 1.807) is 38.2 Å². The summed E-state index contributed by atoms with van der Waals surface area (Å²) in [5, 5.41) is 39.6. The molecule has 44 heavy (non-hydrogen) atoms. The molecular weight excluding hydrogens is 568 g/mol. The van der Waals surface area contributed by atoms with E-state index in [1.165, 1.54) is 20.3 Å². The molecule has 6 atom stereocenters. The van der Waals surface area contributed by atoms with Crippen molar-refractivity contribution < 1.29 is 39.1 Å². The second kappa shape index (κ2) is 17.0. The summed E-state index contributed by atoms with van der Waals surface area (Å²) in [5.74, 6) is -1.32. The molecule has 0 radical (unpaired) electrons. The normalized spacial score (nSPS) is 28.7. The van der Waals surface area contributed by atoms with E-state index in [-0.39, 0.29) is 23.1 Å².